The molecule has 1 saturated carbocycles. The molecule has 0 spiro atoms. The van der Waals surface area contributed by atoms with Gasteiger partial charge in [0.1, 0.15) is 0 Å². The smallest absolute Gasteiger partial charge is 0.277 e. The van der Waals surface area contributed by atoms with Crippen LogP contribution in [0.15, 0.2) is 18.2 Å². The van der Waals surface area contributed by atoms with E-state index in [0.717, 1.165) is 43.9 Å². The standard InChI is InChI=1S/C13H13N3O5/c17-13(14-11-3-1-2-4-12(11)14)8-5-9(15(18)19)7-10(6-8)16(20)21/h5-7,11-12H,1-4H2. The highest BCUT2D eigenvalue weighted by atomic mass is 16.6. The molecule has 1 aliphatic heterocycles. The normalized spacial score (nSPS) is 23.3. The van der Waals surface area contributed by atoms with Crippen molar-refractivity contribution in [2.75, 3.05) is 0 Å². The van der Waals surface area contributed by atoms with Crippen LogP contribution in [0.5, 0.6) is 0 Å². The number of non-ortho nitro benzene ring substituents is 2. The van der Waals surface area contributed by atoms with E-state index in [1.807, 2.05) is 0 Å². The molecule has 3 rings (SSSR count). The van der Waals surface area contributed by atoms with Crippen LogP contribution < -0.4 is 0 Å². The molecular formula is C13H13N3O5. The molecule has 0 N–H and O–H groups in total. The monoisotopic (exact) mass is 291 g/mol. The Hall–Kier alpha value is -2.51. The molecule has 1 saturated heterocycles. The van der Waals surface area contributed by atoms with Gasteiger partial charge in [-0.05, 0) is 12.8 Å². The highest BCUT2D eigenvalue weighted by molar-refractivity contribution is 5.97. The van der Waals surface area contributed by atoms with Gasteiger partial charge in [-0.2, -0.15) is 0 Å². The topological polar surface area (TPSA) is 106 Å². The average molecular weight is 291 g/mol. The minimum Gasteiger partial charge on any atom is -0.329 e. The number of carbonyl (C=O) groups is 1. The average Bonchev–Trinajstić information content (AvgIpc) is 3.20. The molecule has 21 heavy (non-hydrogen) atoms. The fraction of sp³-hybridized carbons (Fsp3) is 0.462. The third kappa shape index (κ3) is 2.32. The van der Waals surface area contributed by atoms with Crippen molar-refractivity contribution in [3.05, 3.63) is 44.0 Å². The van der Waals surface area contributed by atoms with Crippen LogP contribution in [0.25, 0.3) is 0 Å². The fourth-order valence-corrected chi connectivity index (χ4v) is 3.08. The molecule has 2 atom stereocenters. The summed E-state index contributed by atoms with van der Waals surface area (Å²) in [5, 5.41) is 21.7. The van der Waals surface area contributed by atoms with Crippen molar-refractivity contribution in [3.63, 3.8) is 0 Å². The van der Waals surface area contributed by atoms with Gasteiger partial charge in [-0.15, -0.1) is 0 Å². The number of benzene rings is 1. The first-order valence-electron chi connectivity index (χ1n) is 6.75. The summed E-state index contributed by atoms with van der Waals surface area (Å²) in [5.74, 6) is -0.348. The van der Waals surface area contributed by atoms with Crippen molar-refractivity contribution < 1.29 is 14.6 Å². The van der Waals surface area contributed by atoms with Crippen LogP contribution in [-0.2, 0) is 0 Å². The number of likely N-dealkylation sites (tertiary alicyclic amines) is 1. The summed E-state index contributed by atoms with van der Waals surface area (Å²) in [6.45, 7) is 0. The van der Waals surface area contributed by atoms with Crippen LogP contribution in [0.1, 0.15) is 36.0 Å². The predicted molar refractivity (Wildman–Crippen MR) is 72.0 cm³/mol. The second-order valence-corrected chi connectivity index (χ2v) is 5.38. The fourth-order valence-electron chi connectivity index (χ4n) is 3.08. The zero-order chi connectivity index (χ0) is 15.1. The van der Waals surface area contributed by atoms with Gasteiger partial charge < -0.3 is 4.90 Å². The van der Waals surface area contributed by atoms with E-state index in [2.05, 4.69) is 0 Å². The van der Waals surface area contributed by atoms with Crippen molar-refractivity contribution in [3.8, 4) is 0 Å². The van der Waals surface area contributed by atoms with Gasteiger partial charge >= 0.3 is 0 Å². The molecule has 1 amide bonds. The SMILES string of the molecule is O=C(c1cc([N+](=O)[O-])cc([N+](=O)[O-])c1)N1C2CCCCC21. The molecule has 0 radical (unpaired) electrons. The summed E-state index contributed by atoms with van der Waals surface area (Å²) in [5.41, 5.74) is -0.847. The van der Waals surface area contributed by atoms with E-state index < -0.39 is 21.2 Å². The lowest BCUT2D eigenvalue weighted by molar-refractivity contribution is -0.394. The zero-order valence-corrected chi connectivity index (χ0v) is 11.1. The summed E-state index contributed by atoms with van der Waals surface area (Å²) in [7, 11) is 0. The lowest BCUT2D eigenvalue weighted by atomic mass is 10.0. The molecule has 1 heterocycles. The largest absolute Gasteiger partial charge is 0.329 e. The van der Waals surface area contributed by atoms with Crippen LogP contribution in [0.4, 0.5) is 11.4 Å². The maximum absolute atomic E-state index is 12.4. The van der Waals surface area contributed by atoms with Gasteiger partial charge in [-0.1, -0.05) is 12.8 Å². The van der Waals surface area contributed by atoms with E-state index in [9.17, 15) is 25.0 Å². The minimum atomic E-state index is -0.723. The van der Waals surface area contributed by atoms with Gasteiger partial charge in [0.2, 0.25) is 0 Å². The highest BCUT2D eigenvalue weighted by Crippen LogP contribution is 2.41. The summed E-state index contributed by atoms with van der Waals surface area (Å²) >= 11 is 0. The number of fused-ring (bicyclic) bond motifs is 1. The number of hydrogen-bond donors (Lipinski definition) is 0. The maximum Gasteiger partial charge on any atom is 0.277 e. The molecule has 2 aliphatic rings. The lowest BCUT2D eigenvalue weighted by Crippen LogP contribution is -2.15. The van der Waals surface area contributed by atoms with E-state index in [4.69, 9.17) is 0 Å². The number of nitrogens with zero attached hydrogens (tertiary/aromatic N) is 3. The number of nitro groups is 2. The first-order chi connectivity index (χ1) is 9.99. The molecule has 1 aromatic carbocycles. The van der Waals surface area contributed by atoms with Crippen molar-refractivity contribution in [1.29, 1.82) is 0 Å². The highest BCUT2D eigenvalue weighted by Gasteiger charge is 2.51. The van der Waals surface area contributed by atoms with Crippen LogP contribution in [-0.4, -0.2) is 32.7 Å². The van der Waals surface area contributed by atoms with Gasteiger partial charge in [0.15, 0.2) is 0 Å². The van der Waals surface area contributed by atoms with Crippen LogP contribution in [0.2, 0.25) is 0 Å². The Balaban J connectivity index is 1.92. The molecule has 1 aliphatic carbocycles. The van der Waals surface area contributed by atoms with Gasteiger partial charge in [-0.3, -0.25) is 25.0 Å². The Morgan fingerprint density at radius 1 is 1.00 bits per heavy atom. The quantitative estimate of drug-likeness (QED) is 0.482. The number of rotatable bonds is 3. The molecule has 1 aromatic rings. The van der Waals surface area contributed by atoms with Gasteiger partial charge in [0, 0.05) is 12.1 Å². The van der Waals surface area contributed by atoms with Gasteiger partial charge in [-0.25, -0.2) is 0 Å². The summed E-state index contributed by atoms with van der Waals surface area (Å²) in [6.07, 6.45) is 4.01. The molecular weight excluding hydrogens is 278 g/mol. The van der Waals surface area contributed by atoms with E-state index >= 15 is 0 Å². The second-order valence-electron chi connectivity index (χ2n) is 5.38. The second kappa shape index (κ2) is 4.80. The van der Waals surface area contributed by atoms with Crippen molar-refractivity contribution in [2.24, 2.45) is 0 Å². The molecule has 8 nitrogen and oxygen atoms in total. The van der Waals surface area contributed by atoms with E-state index in [1.54, 1.807) is 4.90 Å². The van der Waals surface area contributed by atoms with Crippen LogP contribution in [0, 0.1) is 20.2 Å². The van der Waals surface area contributed by atoms with Gasteiger partial charge in [0.05, 0.1) is 33.6 Å². The first kappa shape index (κ1) is 13.5. The Kier molecular flexibility index (Phi) is 3.08. The van der Waals surface area contributed by atoms with E-state index in [-0.39, 0.29) is 23.6 Å². The van der Waals surface area contributed by atoms with Crippen molar-refractivity contribution in [2.45, 2.75) is 37.8 Å². The third-order valence-electron chi connectivity index (χ3n) is 4.12. The Bertz CT molecular complexity index is 600. The predicted octanol–water partition coefficient (Wildman–Crippen LogP) is 2.27. The summed E-state index contributed by atoms with van der Waals surface area (Å²) in [4.78, 5) is 34.3. The third-order valence-corrected chi connectivity index (χ3v) is 4.12. The molecule has 110 valence electrons. The van der Waals surface area contributed by atoms with Crippen LogP contribution in [0.3, 0.4) is 0 Å². The van der Waals surface area contributed by atoms with E-state index in [0.29, 0.717) is 0 Å². The zero-order valence-electron chi connectivity index (χ0n) is 11.1. The summed E-state index contributed by atoms with van der Waals surface area (Å²) in [6, 6.07) is 3.49. The Labute approximate surface area is 119 Å². The molecule has 0 aromatic heterocycles. The maximum atomic E-state index is 12.4. The number of hydrogen-bond acceptors (Lipinski definition) is 5. The minimum absolute atomic E-state index is 0.0188. The molecule has 2 unspecified atom stereocenters. The van der Waals surface area contributed by atoms with E-state index in [1.165, 1.54) is 0 Å². The first-order valence-corrected chi connectivity index (χ1v) is 6.75. The number of carbonyl (C=O) groups excluding carboxylic acids is 1. The molecule has 0 bridgehead atoms. The summed E-state index contributed by atoms with van der Waals surface area (Å²) < 4.78 is 0. The molecule has 2 fully saturated rings. The Morgan fingerprint density at radius 2 is 1.48 bits per heavy atom. The molecule has 8 heteroatoms. The van der Waals surface area contributed by atoms with Crippen molar-refractivity contribution in [1.82, 2.24) is 4.90 Å². The van der Waals surface area contributed by atoms with Crippen molar-refractivity contribution >= 4 is 17.3 Å². The Morgan fingerprint density at radius 3 is 1.90 bits per heavy atom. The number of nitro benzene ring substituents is 2. The number of amides is 1. The van der Waals surface area contributed by atoms with Crippen LogP contribution >= 0.6 is 0 Å². The lowest BCUT2D eigenvalue weighted by Gasteiger charge is -2.04. The van der Waals surface area contributed by atoms with Gasteiger partial charge in [0.25, 0.3) is 17.3 Å².